The van der Waals surface area contributed by atoms with Gasteiger partial charge in [-0.05, 0) is 12.8 Å². The lowest BCUT2D eigenvalue weighted by atomic mass is 9.89. The fourth-order valence-electron chi connectivity index (χ4n) is 1.70. The summed E-state index contributed by atoms with van der Waals surface area (Å²) in [7, 11) is 0. The van der Waals surface area contributed by atoms with E-state index in [0.717, 1.165) is 25.7 Å². The monoisotopic (exact) mass is 199 g/mol. The second kappa shape index (κ2) is 5.35. The fourth-order valence-corrected chi connectivity index (χ4v) is 1.70. The smallest absolute Gasteiger partial charge is 0.310 e. The van der Waals surface area contributed by atoms with E-state index in [9.17, 15) is 4.79 Å². The maximum atomic E-state index is 11.6. The number of hydrogen-bond acceptors (Lipinski definition) is 3. The standard InChI is InChI=1S/C11H21NO2/c1-8(2)10(12)14-11(13)9-6-4-3-5-7-9/h8-10H,3-7,12H2,1-2H3. The first kappa shape index (κ1) is 11.5. The number of nitrogens with two attached hydrogens (primary N) is 1. The van der Waals surface area contributed by atoms with Crippen molar-refractivity contribution in [2.24, 2.45) is 17.6 Å². The molecule has 1 rings (SSSR count). The van der Waals surface area contributed by atoms with Gasteiger partial charge in [-0.1, -0.05) is 33.1 Å². The van der Waals surface area contributed by atoms with Crippen molar-refractivity contribution < 1.29 is 9.53 Å². The van der Waals surface area contributed by atoms with Crippen LogP contribution in [-0.4, -0.2) is 12.2 Å². The number of carbonyl (C=O) groups excluding carboxylic acids is 1. The van der Waals surface area contributed by atoms with Gasteiger partial charge in [-0.2, -0.15) is 0 Å². The minimum Gasteiger partial charge on any atom is -0.446 e. The number of hydrogen-bond donors (Lipinski definition) is 1. The van der Waals surface area contributed by atoms with Crippen molar-refractivity contribution in [2.75, 3.05) is 0 Å². The van der Waals surface area contributed by atoms with E-state index >= 15 is 0 Å². The molecule has 0 aromatic rings. The zero-order chi connectivity index (χ0) is 10.6. The fraction of sp³-hybridized carbons (Fsp3) is 0.909. The van der Waals surface area contributed by atoms with Gasteiger partial charge in [0, 0.05) is 5.92 Å². The summed E-state index contributed by atoms with van der Waals surface area (Å²) in [5.41, 5.74) is 5.68. The minimum atomic E-state index is -0.440. The number of carbonyl (C=O) groups is 1. The van der Waals surface area contributed by atoms with Crippen molar-refractivity contribution in [1.29, 1.82) is 0 Å². The van der Waals surface area contributed by atoms with E-state index in [1.54, 1.807) is 0 Å². The molecule has 0 heterocycles. The van der Waals surface area contributed by atoms with Crippen LogP contribution in [0, 0.1) is 11.8 Å². The topological polar surface area (TPSA) is 52.3 Å². The van der Waals surface area contributed by atoms with Gasteiger partial charge in [0.1, 0.15) is 0 Å². The van der Waals surface area contributed by atoms with E-state index in [1.165, 1.54) is 6.42 Å². The lowest BCUT2D eigenvalue weighted by Crippen LogP contribution is -2.35. The minimum absolute atomic E-state index is 0.0918. The number of rotatable bonds is 3. The molecule has 1 atom stereocenters. The molecule has 1 saturated carbocycles. The van der Waals surface area contributed by atoms with Crippen LogP contribution in [-0.2, 0) is 9.53 Å². The van der Waals surface area contributed by atoms with Crippen LogP contribution < -0.4 is 5.73 Å². The van der Waals surface area contributed by atoms with E-state index in [4.69, 9.17) is 10.5 Å². The molecule has 0 aromatic heterocycles. The molecule has 1 fully saturated rings. The Morgan fingerprint density at radius 3 is 2.36 bits per heavy atom. The molecule has 3 heteroatoms. The first-order chi connectivity index (χ1) is 6.61. The molecule has 3 nitrogen and oxygen atoms in total. The van der Waals surface area contributed by atoms with Crippen molar-refractivity contribution >= 4 is 5.97 Å². The van der Waals surface area contributed by atoms with Gasteiger partial charge in [0.25, 0.3) is 0 Å². The van der Waals surface area contributed by atoms with Gasteiger partial charge >= 0.3 is 5.97 Å². The summed E-state index contributed by atoms with van der Waals surface area (Å²) < 4.78 is 5.19. The van der Waals surface area contributed by atoms with Crippen LogP contribution in [0.4, 0.5) is 0 Å². The predicted molar refractivity (Wildman–Crippen MR) is 55.5 cm³/mol. The van der Waals surface area contributed by atoms with Gasteiger partial charge in [0.2, 0.25) is 0 Å². The molecule has 1 unspecified atom stereocenters. The highest BCUT2D eigenvalue weighted by atomic mass is 16.6. The molecule has 1 aliphatic rings. The van der Waals surface area contributed by atoms with Gasteiger partial charge < -0.3 is 4.74 Å². The predicted octanol–water partition coefficient (Wildman–Crippen LogP) is 2.05. The van der Waals surface area contributed by atoms with Crippen molar-refractivity contribution in [3.63, 3.8) is 0 Å². The Labute approximate surface area is 86.0 Å². The van der Waals surface area contributed by atoms with Crippen molar-refractivity contribution in [2.45, 2.75) is 52.2 Å². The third-order valence-corrected chi connectivity index (χ3v) is 2.85. The Morgan fingerprint density at radius 2 is 1.86 bits per heavy atom. The summed E-state index contributed by atoms with van der Waals surface area (Å²) >= 11 is 0. The lowest BCUT2D eigenvalue weighted by molar-refractivity contribution is -0.157. The third-order valence-electron chi connectivity index (χ3n) is 2.85. The quantitative estimate of drug-likeness (QED) is 0.559. The highest BCUT2D eigenvalue weighted by Gasteiger charge is 2.24. The molecule has 0 amide bonds. The van der Waals surface area contributed by atoms with Crippen LogP contribution in [0.3, 0.4) is 0 Å². The lowest BCUT2D eigenvalue weighted by Gasteiger charge is -2.23. The summed E-state index contributed by atoms with van der Waals surface area (Å²) in [5.74, 6) is 0.210. The summed E-state index contributed by atoms with van der Waals surface area (Å²) in [5, 5.41) is 0. The van der Waals surface area contributed by atoms with Crippen LogP contribution >= 0.6 is 0 Å². The second-order valence-corrected chi connectivity index (χ2v) is 4.48. The maximum Gasteiger partial charge on any atom is 0.310 e. The van der Waals surface area contributed by atoms with E-state index < -0.39 is 6.23 Å². The summed E-state index contributed by atoms with van der Waals surface area (Å²) in [6.07, 6.45) is 5.06. The van der Waals surface area contributed by atoms with Gasteiger partial charge in [0.05, 0.1) is 5.92 Å². The second-order valence-electron chi connectivity index (χ2n) is 4.48. The van der Waals surface area contributed by atoms with Gasteiger partial charge in [-0.15, -0.1) is 0 Å². The number of esters is 1. The van der Waals surface area contributed by atoms with Crippen LogP contribution in [0.2, 0.25) is 0 Å². The molecule has 82 valence electrons. The molecule has 14 heavy (non-hydrogen) atoms. The van der Waals surface area contributed by atoms with Crippen LogP contribution in [0.25, 0.3) is 0 Å². The number of ether oxygens (including phenoxy) is 1. The SMILES string of the molecule is CC(C)C(N)OC(=O)C1CCCCC1. The highest BCUT2D eigenvalue weighted by molar-refractivity contribution is 5.72. The average Bonchev–Trinajstić information content (AvgIpc) is 2.19. The van der Waals surface area contributed by atoms with Gasteiger partial charge in [-0.25, -0.2) is 0 Å². The van der Waals surface area contributed by atoms with Gasteiger partial charge in [-0.3, -0.25) is 10.5 Å². The molecule has 0 aliphatic heterocycles. The Morgan fingerprint density at radius 1 is 1.29 bits per heavy atom. The first-order valence-electron chi connectivity index (χ1n) is 5.57. The third kappa shape index (κ3) is 3.29. The van der Waals surface area contributed by atoms with Gasteiger partial charge in [0.15, 0.2) is 6.23 Å². The van der Waals surface area contributed by atoms with Crippen LogP contribution in [0.15, 0.2) is 0 Å². The molecule has 0 aromatic carbocycles. The molecule has 2 N–H and O–H groups in total. The summed E-state index contributed by atoms with van der Waals surface area (Å²) in [6, 6.07) is 0. The van der Waals surface area contributed by atoms with E-state index in [1.807, 2.05) is 13.8 Å². The van der Waals surface area contributed by atoms with Crippen LogP contribution in [0.1, 0.15) is 46.0 Å². The largest absolute Gasteiger partial charge is 0.446 e. The summed E-state index contributed by atoms with van der Waals surface area (Å²) in [4.78, 5) is 11.6. The Balaban J connectivity index is 2.33. The Bertz CT molecular complexity index is 186. The van der Waals surface area contributed by atoms with Crippen molar-refractivity contribution in [3.8, 4) is 0 Å². The van der Waals surface area contributed by atoms with Crippen molar-refractivity contribution in [1.82, 2.24) is 0 Å². The first-order valence-corrected chi connectivity index (χ1v) is 5.57. The molecular weight excluding hydrogens is 178 g/mol. The van der Waals surface area contributed by atoms with Crippen LogP contribution in [0.5, 0.6) is 0 Å². The Hall–Kier alpha value is -0.570. The molecule has 0 radical (unpaired) electrons. The highest BCUT2D eigenvalue weighted by Crippen LogP contribution is 2.25. The zero-order valence-corrected chi connectivity index (χ0v) is 9.16. The zero-order valence-electron chi connectivity index (χ0n) is 9.16. The molecule has 0 saturated heterocycles. The maximum absolute atomic E-state index is 11.6. The van der Waals surface area contributed by atoms with E-state index in [0.29, 0.717) is 0 Å². The van der Waals surface area contributed by atoms with E-state index in [2.05, 4.69) is 0 Å². The molecule has 1 aliphatic carbocycles. The molecular formula is C11H21NO2. The normalized spacial score (nSPS) is 20.9. The molecule has 0 bridgehead atoms. The average molecular weight is 199 g/mol. The van der Waals surface area contributed by atoms with Crippen molar-refractivity contribution in [3.05, 3.63) is 0 Å². The Kier molecular flexibility index (Phi) is 4.39. The summed E-state index contributed by atoms with van der Waals surface area (Å²) in [6.45, 7) is 3.91. The molecule has 0 spiro atoms. The van der Waals surface area contributed by atoms with E-state index in [-0.39, 0.29) is 17.8 Å².